The lowest BCUT2D eigenvalue weighted by molar-refractivity contribution is -0.137. The van der Waals surface area contributed by atoms with E-state index in [1.807, 2.05) is 21.9 Å². The van der Waals surface area contributed by atoms with Crippen LogP contribution >= 0.6 is 0 Å². The van der Waals surface area contributed by atoms with E-state index in [0.29, 0.717) is 42.0 Å². The van der Waals surface area contributed by atoms with Crippen LogP contribution in [-0.2, 0) is 23.9 Å². The highest BCUT2D eigenvalue weighted by molar-refractivity contribution is 5.82. The maximum absolute atomic E-state index is 14.1. The molecule has 0 spiro atoms. The van der Waals surface area contributed by atoms with Crippen molar-refractivity contribution in [2.24, 2.45) is 5.92 Å². The van der Waals surface area contributed by atoms with Gasteiger partial charge in [0.05, 0.1) is 28.8 Å². The molecule has 2 aliphatic rings. The lowest BCUT2D eigenvalue weighted by Gasteiger charge is -2.49. The number of halogens is 4. The van der Waals surface area contributed by atoms with Crippen LogP contribution < -0.4 is 15.1 Å². The van der Waals surface area contributed by atoms with E-state index < -0.39 is 23.5 Å². The summed E-state index contributed by atoms with van der Waals surface area (Å²) in [5.41, 5.74) is 2.00. The Morgan fingerprint density at radius 1 is 1.03 bits per heavy atom. The Kier molecular flexibility index (Phi) is 6.50. The van der Waals surface area contributed by atoms with Crippen molar-refractivity contribution in [2.45, 2.75) is 25.2 Å². The Balaban J connectivity index is 1.47. The number of carbonyl (C=O) groups excluding carboxylic acids is 1. The van der Waals surface area contributed by atoms with Gasteiger partial charge in [-0.2, -0.15) is 18.4 Å². The summed E-state index contributed by atoms with van der Waals surface area (Å²) < 4.78 is 54.4. The molecule has 0 unspecified atom stereocenters. The summed E-state index contributed by atoms with van der Waals surface area (Å²) in [6, 6.07) is 18.9. The number of nitriles is 1. The number of alkyl halides is 3. The van der Waals surface area contributed by atoms with Crippen LogP contribution in [0.15, 0.2) is 66.7 Å². The molecule has 0 bridgehead atoms. The zero-order valence-electron chi connectivity index (χ0n) is 19.8. The molecule has 1 saturated heterocycles. The molecule has 0 aliphatic carbocycles. The van der Waals surface area contributed by atoms with Crippen molar-refractivity contribution in [3.8, 4) is 6.07 Å². The number of nitrogens with one attached hydrogen (secondary N) is 1. The standard InChI is InChI=1S/C28H24F4N4O/c29-23-7-3-1-6-19(23)16-34-27(37)22-14-20-13-21(28(30,31)32)9-10-25(20)36-12-11-35(17-26(22)36)24-8-4-2-5-18(24)15-33/h1-10,13,22,26H,11-12,14,16-17H2,(H,34,37)/t22-,26+/m1/s1. The highest BCUT2D eigenvalue weighted by atomic mass is 19.4. The molecule has 0 aromatic heterocycles. The fraction of sp³-hybridized carbons (Fsp3) is 0.286. The van der Waals surface area contributed by atoms with Crippen molar-refractivity contribution in [3.63, 3.8) is 0 Å². The number of hydrogen-bond acceptors (Lipinski definition) is 4. The molecule has 1 N–H and O–H groups in total. The van der Waals surface area contributed by atoms with Crippen molar-refractivity contribution in [1.82, 2.24) is 5.32 Å². The molecule has 3 aromatic carbocycles. The van der Waals surface area contributed by atoms with Gasteiger partial charge in [0.2, 0.25) is 5.91 Å². The minimum Gasteiger partial charge on any atom is -0.367 e. The number of nitrogens with zero attached hydrogens (tertiary/aromatic N) is 3. The van der Waals surface area contributed by atoms with E-state index in [1.54, 1.807) is 30.3 Å². The van der Waals surface area contributed by atoms with Gasteiger partial charge in [0.1, 0.15) is 11.9 Å². The van der Waals surface area contributed by atoms with E-state index in [9.17, 15) is 27.6 Å². The van der Waals surface area contributed by atoms with E-state index in [-0.39, 0.29) is 24.9 Å². The zero-order chi connectivity index (χ0) is 26.2. The van der Waals surface area contributed by atoms with Gasteiger partial charge in [0.15, 0.2) is 0 Å². The van der Waals surface area contributed by atoms with Gasteiger partial charge in [-0.25, -0.2) is 4.39 Å². The number of hydrogen-bond donors (Lipinski definition) is 1. The minimum atomic E-state index is -4.49. The Bertz CT molecular complexity index is 1370. The van der Waals surface area contributed by atoms with Crippen molar-refractivity contribution in [3.05, 3.63) is 94.8 Å². The van der Waals surface area contributed by atoms with Crippen molar-refractivity contribution in [2.75, 3.05) is 29.4 Å². The Hall–Kier alpha value is -4.06. The molecule has 9 heteroatoms. The number of amides is 1. The van der Waals surface area contributed by atoms with E-state index in [4.69, 9.17) is 0 Å². The third-order valence-electron chi connectivity index (χ3n) is 7.15. The van der Waals surface area contributed by atoms with Gasteiger partial charge in [-0.3, -0.25) is 4.79 Å². The van der Waals surface area contributed by atoms with Crippen molar-refractivity contribution < 1.29 is 22.4 Å². The predicted molar refractivity (Wildman–Crippen MR) is 131 cm³/mol. The molecule has 2 atom stereocenters. The second-order valence-corrected chi connectivity index (χ2v) is 9.30. The fourth-order valence-electron chi connectivity index (χ4n) is 5.32. The average Bonchev–Trinajstić information content (AvgIpc) is 2.90. The number of piperazine rings is 1. The average molecular weight is 509 g/mol. The Morgan fingerprint density at radius 3 is 2.54 bits per heavy atom. The first kappa shape index (κ1) is 24.6. The summed E-state index contributed by atoms with van der Waals surface area (Å²) >= 11 is 0. The lowest BCUT2D eigenvalue weighted by atomic mass is 9.82. The lowest BCUT2D eigenvalue weighted by Crippen LogP contribution is -2.61. The SMILES string of the molecule is N#Cc1ccccc1N1CCN2c3ccc(C(F)(F)F)cc3C[C@@H](C(=O)NCc3ccccc3F)[C@@H]2C1. The maximum atomic E-state index is 14.1. The number of rotatable bonds is 4. The molecule has 0 saturated carbocycles. The molecule has 37 heavy (non-hydrogen) atoms. The second-order valence-electron chi connectivity index (χ2n) is 9.30. The first-order valence-electron chi connectivity index (χ1n) is 12.0. The summed E-state index contributed by atoms with van der Waals surface area (Å²) in [4.78, 5) is 17.5. The largest absolute Gasteiger partial charge is 0.416 e. The number of fused-ring (bicyclic) bond motifs is 3. The van der Waals surface area contributed by atoms with Crippen LogP contribution in [0.2, 0.25) is 0 Å². The van der Waals surface area contributed by atoms with Gasteiger partial charge in [0.25, 0.3) is 0 Å². The quantitative estimate of drug-likeness (QED) is 0.510. The Morgan fingerprint density at radius 2 is 1.78 bits per heavy atom. The summed E-state index contributed by atoms with van der Waals surface area (Å²) in [5.74, 6) is -1.46. The van der Waals surface area contributed by atoms with Crippen LogP contribution in [0, 0.1) is 23.1 Å². The van der Waals surface area contributed by atoms with Gasteiger partial charge in [-0.05, 0) is 48.4 Å². The van der Waals surface area contributed by atoms with Gasteiger partial charge in [-0.1, -0.05) is 30.3 Å². The molecule has 5 nitrogen and oxygen atoms in total. The van der Waals surface area contributed by atoms with Gasteiger partial charge in [0, 0.05) is 37.4 Å². The molecular weight excluding hydrogens is 484 g/mol. The van der Waals surface area contributed by atoms with Gasteiger partial charge in [-0.15, -0.1) is 0 Å². The highest BCUT2D eigenvalue weighted by Gasteiger charge is 2.43. The van der Waals surface area contributed by atoms with Crippen LogP contribution in [0.5, 0.6) is 0 Å². The first-order valence-corrected chi connectivity index (χ1v) is 12.0. The summed E-state index contributed by atoms with van der Waals surface area (Å²) in [6.45, 7) is 1.40. The predicted octanol–water partition coefficient (Wildman–Crippen LogP) is 4.90. The number of anilines is 2. The second kappa shape index (κ2) is 9.77. The van der Waals surface area contributed by atoms with Gasteiger partial charge < -0.3 is 15.1 Å². The molecule has 3 aromatic rings. The van der Waals surface area contributed by atoms with Crippen LogP contribution in [0.25, 0.3) is 0 Å². The number of para-hydroxylation sites is 1. The highest BCUT2D eigenvalue weighted by Crippen LogP contribution is 2.40. The van der Waals surface area contributed by atoms with E-state index in [0.717, 1.165) is 17.8 Å². The van der Waals surface area contributed by atoms with Gasteiger partial charge >= 0.3 is 6.18 Å². The molecule has 1 fully saturated rings. The van der Waals surface area contributed by atoms with Crippen LogP contribution in [0.1, 0.15) is 22.3 Å². The van der Waals surface area contributed by atoms with Crippen molar-refractivity contribution >= 4 is 17.3 Å². The van der Waals surface area contributed by atoms with Crippen molar-refractivity contribution in [1.29, 1.82) is 5.26 Å². The zero-order valence-corrected chi connectivity index (χ0v) is 19.8. The van der Waals surface area contributed by atoms with E-state index in [2.05, 4.69) is 11.4 Å². The maximum Gasteiger partial charge on any atom is 0.416 e. The van der Waals surface area contributed by atoms with Crippen LogP contribution in [0.3, 0.4) is 0 Å². The number of carbonyl (C=O) groups is 1. The molecule has 0 radical (unpaired) electrons. The minimum absolute atomic E-state index is 0.0227. The molecule has 2 aliphatic heterocycles. The number of benzene rings is 3. The summed E-state index contributed by atoms with van der Waals surface area (Å²) in [6.07, 6.45) is -4.37. The smallest absolute Gasteiger partial charge is 0.367 e. The summed E-state index contributed by atoms with van der Waals surface area (Å²) in [7, 11) is 0. The molecule has 5 rings (SSSR count). The first-order chi connectivity index (χ1) is 17.8. The monoisotopic (exact) mass is 508 g/mol. The normalized spacial score (nSPS) is 19.0. The van der Waals surface area contributed by atoms with Crippen LogP contribution in [0.4, 0.5) is 28.9 Å². The Labute approximate surface area is 211 Å². The fourth-order valence-corrected chi connectivity index (χ4v) is 5.32. The summed E-state index contributed by atoms with van der Waals surface area (Å²) in [5, 5.41) is 12.4. The molecule has 1 amide bonds. The van der Waals surface area contributed by atoms with Crippen LogP contribution in [-0.4, -0.2) is 31.6 Å². The third kappa shape index (κ3) is 4.84. The molecule has 190 valence electrons. The molecular formula is C28H24F4N4O. The molecule has 2 heterocycles. The topological polar surface area (TPSA) is 59.4 Å². The third-order valence-corrected chi connectivity index (χ3v) is 7.15. The van der Waals surface area contributed by atoms with E-state index >= 15 is 0 Å². The van der Waals surface area contributed by atoms with E-state index in [1.165, 1.54) is 12.1 Å².